The van der Waals surface area contributed by atoms with Crippen molar-refractivity contribution >= 4 is 23.2 Å². The number of rotatable bonds is 8. The molecule has 0 aliphatic carbocycles. The summed E-state index contributed by atoms with van der Waals surface area (Å²) >= 11 is 12.2. The highest BCUT2D eigenvalue weighted by Crippen LogP contribution is 2.33. The zero-order valence-electron chi connectivity index (χ0n) is 11.4. The zero-order valence-corrected chi connectivity index (χ0v) is 12.9. The highest BCUT2D eigenvalue weighted by Gasteiger charge is 2.13. The highest BCUT2D eigenvalue weighted by atomic mass is 35.5. The van der Waals surface area contributed by atoms with E-state index < -0.39 is 0 Å². The Labute approximate surface area is 125 Å². The Bertz CT molecular complexity index is 399. The first kappa shape index (κ1) is 16.6. The van der Waals surface area contributed by atoms with Gasteiger partial charge in [0.2, 0.25) is 0 Å². The molecule has 0 aromatic heterocycles. The summed E-state index contributed by atoms with van der Waals surface area (Å²) in [7, 11) is 1.67. The first-order valence-electron chi connectivity index (χ1n) is 6.43. The van der Waals surface area contributed by atoms with Gasteiger partial charge in [0.15, 0.2) is 0 Å². The van der Waals surface area contributed by atoms with Crippen LogP contribution < -0.4 is 10.5 Å². The third-order valence-corrected chi connectivity index (χ3v) is 3.33. The fourth-order valence-electron chi connectivity index (χ4n) is 1.73. The van der Waals surface area contributed by atoms with E-state index in [1.165, 1.54) is 0 Å². The second-order valence-corrected chi connectivity index (χ2v) is 5.29. The molecular formula is C14H21Cl2NO2. The van der Waals surface area contributed by atoms with E-state index in [9.17, 15) is 0 Å². The molecule has 1 aromatic rings. The van der Waals surface area contributed by atoms with Crippen LogP contribution in [0.5, 0.6) is 5.75 Å². The number of ether oxygens (including phenoxy) is 2. The second kappa shape index (κ2) is 8.64. The monoisotopic (exact) mass is 305 g/mol. The zero-order chi connectivity index (χ0) is 14.3. The molecule has 0 fully saturated rings. The molecule has 0 aliphatic rings. The van der Waals surface area contributed by atoms with Gasteiger partial charge in [0, 0.05) is 31.2 Å². The third kappa shape index (κ3) is 5.57. The van der Waals surface area contributed by atoms with Gasteiger partial charge in [-0.05, 0) is 30.5 Å². The SMILES string of the molecule is CCC(N)Cc1cc(Cl)cc(Cl)c1OCCCOC. The number of hydrogen-bond acceptors (Lipinski definition) is 3. The molecule has 0 amide bonds. The summed E-state index contributed by atoms with van der Waals surface area (Å²) in [5.41, 5.74) is 6.95. The highest BCUT2D eigenvalue weighted by molar-refractivity contribution is 6.35. The van der Waals surface area contributed by atoms with E-state index in [2.05, 4.69) is 6.92 Å². The molecule has 0 saturated heterocycles. The van der Waals surface area contributed by atoms with E-state index in [4.69, 9.17) is 38.4 Å². The van der Waals surface area contributed by atoms with E-state index in [0.29, 0.717) is 35.4 Å². The quantitative estimate of drug-likeness (QED) is 0.745. The van der Waals surface area contributed by atoms with Gasteiger partial charge in [-0.2, -0.15) is 0 Å². The average Bonchev–Trinajstić information content (AvgIpc) is 2.36. The first-order chi connectivity index (χ1) is 9.08. The molecule has 1 unspecified atom stereocenters. The van der Waals surface area contributed by atoms with Crippen molar-refractivity contribution in [2.45, 2.75) is 32.2 Å². The lowest BCUT2D eigenvalue weighted by atomic mass is 10.0. The molecule has 2 N–H and O–H groups in total. The number of methoxy groups -OCH3 is 1. The molecule has 0 aliphatic heterocycles. The lowest BCUT2D eigenvalue weighted by Gasteiger charge is -2.16. The predicted molar refractivity (Wildman–Crippen MR) is 80.4 cm³/mol. The molecule has 0 saturated carbocycles. The average molecular weight is 306 g/mol. The van der Waals surface area contributed by atoms with Crippen molar-refractivity contribution in [3.05, 3.63) is 27.7 Å². The summed E-state index contributed by atoms with van der Waals surface area (Å²) < 4.78 is 10.7. The van der Waals surface area contributed by atoms with Crippen LogP contribution in [0.3, 0.4) is 0 Å². The molecular weight excluding hydrogens is 285 g/mol. The summed E-state index contributed by atoms with van der Waals surface area (Å²) in [6, 6.07) is 3.64. The summed E-state index contributed by atoms with van der Waals surface area (Å²) in [6.45, 7) is 3.27. The van der Waals surface area contributed by atoms with E-state index >= 15 is 0 Å². The van der Waals surface area contributed by atoms with Crippen LogP contribution in [0.2, 0.25) is 10.0 Å². The normalized spacial score (nSPS) is 12.5. The molecule has 3 nitrogen and oxygen atoms in total. The Morgan fingerprint density at radius 2 is 2.00 bits per heavy atom. The Hall–Kier alpha value is -0.480. The van der Waals surface area contributed by atoms with Crippen molar-refractivity contribution < 1.29 is 9.47 Å². The van der Waals surface area contributed by atoms with Crippen molar-refractivity contribution in [1.29, 1.82) is 0 Å². The minimum Gasteiger partial charge on any atom is -0.492 e. The lowest BCUT2D eigenvalue weighted by Crippen LogP contribution is -2.22. The maximum absolute atomic E-state index is 6.19. The maximum atomic E-state index is 6.19. The Kier molecular flexibility index (Phi) is 7.54. The molecule has 1 rings (SSSR count). The van der Waals surface area contributed by atoms with Gasteiger partial charge in [0.1, 0.15) is 5.75 Å². The van der Waals surface area contributed by atoms with Crippen molar-refractivity contribution in [1.82, 2.24) is 0 Å². The fraction of sp³-hybridized carbons (Fsp3) is 0.571. The summed E-state index contributed by atoms with van der Waals surface area (Å²) in [6.07, 6.45) is 2.42. The molecule has 5 heteroatoms. The van der Waals surface area contributed by atoms with E-state index in [-0.39, 0.29) is 6.04 Å². The van der Waals surface area contributed by atoms with Gasteiger partial charge in [0.05, 0.1) is 11.6 Å². The molecule has 19 heavy (non-hydrogen) atoms. The molecule has 1 atom stereocenters. The Balaban J connectivity index is 2.80. The van der Waals surface area contributed by atoms with Crippen molar-refractivity contribution in [3.63, 3.8) is 0 Å². The van der Waals surface area contributed by atoms with Gasteiger partial charge in [-0.25, -0.2) is 0 Å². The van der Waals surface area contributed by atoms with Crippen LogP contribution in [0.4, 0.5) is 0 Å². The van der Waals surface area contributed by atoms with Crippen molar-refractivity contribution in [2.24, 2.45) is 5.73 Å². The number of hydrogen-bond donors (Lipinski definition) is 1. The fourth-order valence-corrected chi connectivity index (χ4v) is 2.32. The Morgan fingerprint density at radius 1 is 1.26 bits per heavy atom. The predicted octanol–water partition coefficient (Wildman–Crippen LogP) is 3.69. The van der Waals surface area contributed by atoms with Crippen LogP contribution in [-0.4, -0.2) is 26.4 Å². The summed E-state index contributed by atoms with van der Waals surface area (Å²) in [5, 5.41) is 1.13. The number of benzene rings is 1. The van der Waals surface area contributed by atoms with Gasteiger partial charge in [-0.15, -0.1) is 0 Å². The van der Waals surface area contributed by atoms with Gasteiger partial charge >= 0.3 is 0 Å². The maximum Gasteiger partial charge on any atom is 0.141 e. The minimum atomic E-state index is 0.0795. The van der Waals surface area contributed by atoms with E-state index in [0.717, 1.165) is 18.4 Å². The smallest absolute Gasteiger partial charge is 0.141 e. The number of nitrogens with two attached hydrogens (primary N) is 1. The molecule has 108 valence electrons. The van der Waals surface area contributed by atoms with Gasteiger partial charge < -0.3 is 15.2 Å². The van der Waals surface area contributed by atoms with Crippen molar-refractivity contribution in [2.75, 3.05) is 20.3 Å². The topological polar surface area (TPSA) is 44.5 Å². The van der Waals surface area contributed by atoms with Gasteiger partial charge in [-0.1, -0.05) is 30.1 Å². The van der Waals surface area contributed by atoms with Crippen LogP contribution in [0.1, 0.15) is 25.3 Å². The first-order valence-corrected chi connectivity index (χ1v) is 7.19. The van der Waals surface area contributed by atoms with Crippen LogP contribution in [0.25, 0.3) is 0 Å². The van der Waals surface area contributed by atoms with Crippen LogP contribution >= 0.6 is 23.2 Å². The lowest BCUT2D eigenvalue weighted by molar-refractivity contribution is 0.172. The third-order valence-electron chi connectivity index (χ3n) is 2.83. The summed E-state index contributed by atoms with van der Waals surface area (Å²) in [5.74, 6) is 0.686. The van der Waals surface area contributed by atoms with E-state index in [1.807, 2.05) is 6.07 Å². The van der Waals surface area contributed by atoms with Crippen molar-refractivity contribution in [3.8, 4) is 5.75 Å². The Morgan fingerprint density at radius 3 is 2.63 bits per heavy atom. The van der Waals surface area contributed by atoms with Gasteiger partial charge in [0.25, 0.3) is 0 Å². The molecule has 0 radical (unpaired) electrons. The standard InChI is InChI=1S/C14H21Cl2NO2/c1-3-12(17)8-10-7-11(15)9-13(16)14(10)19-6-4-5-18-2/h7,9,12H,3-6,8,17H2,1-2H3. The minimum absolute atomic E-state index is 0.0795. The molecule has 0 bridgehead atoms. The van der Waals surface area contributed by atoms with Crippen LogP contribution in [-0.2, 0) is 11.2 Å². The second-order valence-electron chi connectivity index (χ2n) is 4.44. The molecule has 0 heterocycles. The van der Waals surface area contributed by atoms with Crippen LogP contribution in [0, 0.1) is 0 Å². The van der Waals surface area contributed by atoms with Crippen LogP contribution in [0.15, 0.2) is 12.1 Å². The number of halogens is 2. The molecule has 0 spiro atoms. The van der Waals surface area contributed by atoms with Gasteiger partial charge in [-0.3, -0.25) is 0 Å². The molecule has 1 aromatic carbocycles. The summed E-state index contributed by atoms with van der Waals surface area (Å²) in [4.78, 5) is 0. The largest absolute Gasteiger partial charge is 0.492 e. The van der Waals surface area contributed by atoms with E-state index in [1.54, 1.807) is 13.2 Å².